The van der Waals surface area contributed by atoms with Crippen molar-refractivity contribution >= 4 is 17.6 Å². The molecule has 0 aromatic heterocycles. The van der Waals surface area contributed by atoms with Gasteiger partial charge in [-0.05, 0) is 37.1 Å². The first kappa shape index (κ1) is 16.3. The van der Waals surface area contributed by atoms with Crippen molar-refractivity contribution in [3.63, 3.8) is 0 Å². The molecule has 6 heteroatoms. The Balaban J connectivity index is 1.74. The van der Waals surface area contributed by atoms with Gasteiger partial charge < -0.3 is 16.0 Å². The SMILES string of the molecule is CN=C(NCC(=O)Nc1ccc(F)cc1)NC1CCCCC1. The number of halogens is 1. The van der Waals surface area contributed by atoms with Crippen LogP contribution in [0.25, 0.3) is 0 Å². The van der Waals surface area contributed by atoms with Gasteiger partial charge in [-0.3, -0.25) is 9.79 Å². The standard InChI is InChI=1S/C16H23FN4O/c1-18-16(21-13-5-3-2-4-6-13)19-11-15(22)20-14-9-7-12(17)8-10-14/h7-10,13H,2-6,11H2,1H3,(H,20,22)(H2,18,19,21). The summed E-state index contributed by atoms with van der Waals surface area (Å²) >= 11 is 0. The van der Waals surface area contributed by atoms with E-state index in [1.165, 1.54) is 43.5 Å². The molecule has 1 aliphatic carbocycles. The summed E-state index contributed by atoms with van der Waals surface area (Å²) in [6.07, 6.45) is 6.05. The zero-order valence-corrected chi connectivity index (χ0v) is 12.9. The molecular formula is C16H23FN4O. The van der Waals surface area contributed by atoms with Crippen LogP contribution in [0, 0.1) is 5.82 Å². The average Bonchev–Trinajstić information content (AvgIpc) is 2.54. The molecule has 5 nitrogen and oxygen atoms in total. The van der Waals surface area contributed by atoms with E-state index in [0.717, 1.165) is 12.8 Å². The van der Waals surface area contributed by atoms with E-state index in [2.05, 4.69) is 20.9 Å². The van der Waals surface area contributed by atoms with Gasteiger partial charge >= 0.3 is 0 Å². The number of nitrogens with zero attached hydrogens (tertiary/aromatic N) is 1. The molecule has 0 unspecified atom stereocenters. The maximum absolute atomic E-state index is 12.8. The van der Waals surface area contributed by atoms with E-state index < -0.39 is 0 Å². The number of rotatable bonds is 4. The summed E-state index contributed by atoms with van der Waals surface area (Å²) < 4.78 is 12.8. The van der Waals surface area contributed by atoms with Gasteiger partial charge in [-0.1, -0.05) is 19.3 Å². The predicted octanol–water partition coefficient (Wildman–Crippen LogP) is 2.26. The minimum atomic E-state index is -0.326. The Bertz CT molecular complexity index is 509. The van der Waals surface area contributed by atoms with Crippen LogP contribution in [0.1, 0.15) is 32.1 Å². The Kier molecular flexibility index (Phi) is 6.18. The molecule has 1 aromatic carbocycles. The van der Waals surface area contributed by atoms with Crippen LogP contribution in [0.5, 0.6) is 0 Å². The fourth-order valence-electron chi connectivity index (χ4n) is 2.54. The minimum Gasteiger partial charge on any atom is -0.354 e. The highest BCUT2D eigenvalue weighted by Crippen LogP contribution is 2.17. The molecule has 1 fully saturated rings. The van der Waals surface area contributed by atoms with E-state index >= 15 is 0 Å². The zero-order chi connectivity index (χ0) is 15.8. The van der Waals surface area contributed by atoms with Crippen LogP contribution in [-0.2, 0) is 4.79 Å². The Morgan fingerprint density at radius 2 is 1.91 bits per heavy atom. The second kappa shape index (κ2) is 8.36. The Morgan fingerprint density at radius 3 is 2.55 bits per heavy atom. The predicted molar refractivity (Wildman–Crippen MR) is 86.4 cm³/mol. The summed E-state index contributed by atoms with van der Waals surface area (Å²) in [5.74, 6) is 0.118. The largest absolute Gasteiger partial charge is 0.354 e. The van der Waals surface area contributed by atoms with Gasteiger partial charge in [0.1, 0.15) is 5.82 Å². The molecule has 1 amide bonds. The van der Waals surface area contributed by atoms with E-state index in [9.17, 15) is 9.18 Å². The Labute approximate surface area is 130 Å². The van der Waals surface area contributed by atoms with Crippen molar-refractivity contribution in [1.82, 2.24) is 10.6 Å². The zero-order valence-electron chi connectivity index (χ0n) is 12.9. The topological polar surface area (TPSA) is 65.5 Å². The Morgan fingerprint density at radius 1 is 1.23 bits per heavy atom. The molecule has 0 spiro atoms. The van der Waals surface area contributed by atoms with E-state index in [0.29, 0.717) is 17.7 Å². The van der Waals surface area contributed by atoms with Gasteiger partial charge in [-0.15, -0.1) is 0 Å². The van der Waals surface area contributed by atoms with Crippen molar-refractivity contribution in [2.45, 2.75) is 38.1 Å². The molecule has 0 saturated heterocycles. The average molecular weight is 306 g/mol. The Hall–Kier alpha value is -2.11. The summed E-state index contributed by atoms with van der Waals surface area (Å²) in [4.78, 5) is 16.0. The fourth-order valence-corrected chi connectivity index (χ4v) is 2.54. The lowest BCUT2D eigenvalue weighted by molar-refractivity contribution is -0.115. The van der Waals surface area contributed by atoms with E-state index in [-0.39, 0.29) is 18.3 Å². The summed E-state index contributed by atoms with van der Waals surface area (Å²) in [5.41, 5.74) is 0.573. The van der Waals surface area contributed by atoms with E-state index in [4.69, 9.17) is 0 Å². The molecule has 1 aromatic rings. The van der Waals surface area contributed by atoms with Crippen molar-refractivity contribution < 1.29 is 9.18 Å². The molecule has 3 N–H and O–H groups in total. The number of anilines is 1. The molecule has 0 heterocycles. The van der Waals surface area contributed by atoms with Gasteiger partial charge in [-0.2, -0.15) is 0 Å². The van der Waals surface area contributed by atoms with Gasteiger partial charge in [0.05, 0.1) is 6.54 Å². The lowest BCUT2D eigenvalue weighted by Gasteiger charge is -2.24. The molecule has 22 heavy (non-hydrogen) atoms. The molecule has 2 rings (SSSR count). The first-order chi connectivity index (χ1) is 10.7. The lowest BCUT2D eigenvalue weighted by Crippen LogP contribution is -2.46. The fraction of sp³-hybridized carbons (Fsp3) is 0.500. The van der Waals surface area contributed by atoms with E-state index in [1.54, 1.807) is 7.05 Å². The minimum absolute atomic E-state index is 0.115. The number of benzene rings is 1. The number of guanidine groups is 1. The molecule has 0 bridgehead atoms. The van der Waals surface area contributed by atoms with Crippen LogP contribution in [-0.4, -0.2) is 31.5 Å². The highest BCUT2D eigenvalue weighted by molar-refractivity contribution is 5.94. The third-order valence-electron chi connectivity index (χ3n) is 3.71. The van der Waals surface area contributed by atoms with Crippen molar-refractivity contribution in [3.05, 3.63) is 30.1 Å². The number of carbonyl (C=O) groups excluding carboxylic acids is 1. The number of amides is 1. The summed E-state index contributed by atoms with van der Waals surface area (Å²) in [6.45, 7) is 0.115. The van der Waals surface area contributed by atoms with Crippen LogP contribution >= 0.6 is 0 Å². The molecule has 0 aliphatic heterocycles. The number of nitrogens with one attached hydrogen (secondary N) is 3. The van der Waals surface area contributed by atoms with Gasteiger partial charge in [0.25, 0.3) is 0 Å². The van der Waals surface area contributed by atoms with Gasteiger partial charge in [0.15, 0.2) is 5.96 Å². The quantitative estimate of drug-likeness (QED) is 0.590. The molecule has 0 atom stereocenters. The number of aliphatic imine (C=N–C) groups is 1. The monoisotopic (exact) mass is 306 g/mol. The molecule has 1 saturated carbocycles. The van der Waals surface area contributed by atoms with Crippen molar-refractivity contribution in [2.24, 2.45) is 4.99 Å². The highest BCUT2D eigenvalue weighted by atomic mass is 19.1. The third kappa shape index (κ3) is 5.35. The van der Waals surface area contributed by atoms with Crippen LogP contribution in [0.3, 0.4) is 0 Å². The van der Waals surface area contributed by atoms with Gasteiger partial charge in [0, 0.05) is 18.8 Å². The first-order valence-corrected chi connectivity index (χ1v) is 7.70. The molecule has 1 aliphatic rings. The molecule has 120 valence electrons. The normalized spacial score (nSPS) is 16.2. The first-order valence-electron chi connectivity index (χ1n) is 7.70. The van der Waals surface area contributed by atoms with Crippen LogP contribution in [0.2, 0.25) is 0 Å². The van der Waals surface area contributed by atoms with Gasteiger partial charge in [-0.25, -0.2) is 4.39 Å². The van der Waals surface area contributed by atoms with Crippen molar-refractivity contribution in [3.8, 4) is 0 Å². The summed E-state index contributed by atoms with van der Waals surface area (Å²) in [6, 6.07) is 6.12. The maximum Gasteiger partial charge on any atom is 0.243 e. The number of hydrogen-bond donors (Lipinski definition) is 3. The lowest BCUT2D eigenvalue weighted by atomic mass is 9.96. The maximum atomic E-state index is 12.8. The second-order valence-electron chi connectivity index (χ2n) is 5.46. The smallest absolute Gasteiger partial charge is 0.243 e. The van der Waals surface area contributed by atoms with Crippen LogP contribution < -0.4 is 16.0 Å². The van der Waals surface area contributed by atoms with Gasteiger partial charge in [0.2, 0.25) is 5.91 Å². The van der Waals surface area contributed by atoms with Crippen molar-refractivity contribution in [2.75, 3.05) is 18.9 Å². The third-order valence-corrected chi connectivity index (χ3v) is 3.71. The van der Waals surface area contributed by atoms with E-state index in [1.807, 2.05) is 0 Å². The van der Waals surface area contributed by atoms with Crippen molar-refractivity contribution in [1.29, 1.82) is 0 Å². The number of hydrogen-bond acceptors (Lipinski definition) is 2. The number of carbonyl (C=O) groups is 1. The highest BCUT2D eigenvalue weighted by Gasteiger charge is 2.14. The van der Waals surface area contributed by atoms with Crippen LogP contribution in [0.4, 0.5) is 10.1 Å². The summed E-state index contributed by atoms with van der Waals surface area (Å²) in [5, 5.41) is 9.04. The summed E-state index contributed by atoms with van der Waals surface area (Å²) in [7, 11) is 1.69. The van der Waals surface area contributed by atoms with Crippen LogP contribution in [0.15, 0.2) is 29.3 Å². The second-order valence-corrected chi connectivity index (χ2v) is 5.46. The molecule has 0 radical (unpaired) electrons. The molecular weight excluding hydrogens is 283 g/mol.